The van der Waals surface area contributed by atoms with Crippen molar-refractivity contribution in [2.75, 3.05) is 0 Å². The van der Waals surface area contributed by atoms with Crippen LogP contribution in [0.1, 0.15) is 11.1 Å². The fraction of sp³-hybridized carbons (Fsp3) is 0.250. The maximum Gasteiger partial charge on any atom is 0.128 e. The van der Waals surface area contributed by atoms with Crippen molar-refractivity contribution in [3.05, 3.63) is 35.1 Å². The van der Waals surface area contributed by atoms with E-state index in [-0.39, 0.29) is 5.82 Å². The Hall–Kier alpha value is -0.460. The molecule has 0 heterocycles. The van der Waals surface area contributed by atoms with Gasteiger partial charge in [-0.05, 0) is 13.0 Å². The van der Waals surface area contributed by atoms with Gasteiger partial charge in [0.2, 0.25) is 0 Å². The number of benzene rings is 1. The number of aryl methyl sites for hydroxylation is 1. The van der Waals surface area contributed by atoms with Crippen LogP contribution in [-0.4, -0.2) is 0 Å². The van der Waals surface area contributed by atoms with Crippen LogP contribution in [0.15, 0.2) is 18.2 Å². The van der Waals surface area contributed by atoms with E-state index in [1.165, 1.54) is 6.07 Å². The van der Waals surface area contributed by atoms with Gasteiger partial charge in [0, 0.05) is 15.0 Å². The van der Waals surface area contributed by atoms with Gasteiger partial charge in [0.05, 0.1) is 6.61 Å². The second-order valence-corrected chi connectivity index (χ2v) is 2.74. The molecule has 1 atom stereocenters. The van der Waals surface area contributed by atoms with Gasteiger partial charge in [0.1, 0.15) is 5.82 Å². The summed E-state index contributed by atoms with van der Waals surface area (Å²) in [5.74, 6) is -0.210. The molecule has 0 radical (unpaired) electrons. The Kier molecular flexibility index (Phi) is 2.98. The molecule has 0 bridgehead atoms. The molecule has 0 spiro atoms. The first-order chi connectivity index (χ1) is 5.24. The molecule has 0 aliphatic carbocycles. The summed E-state index contributed by atoms with van der Waals surface area (Å²) in [5, 5.41) is 0. The Morgan fingerprint density at radius 3 is 2.91 bits per heavy atom. The molecule has 0 saturated heterocycles. The predicted octanol–water partition coefficient (Wildman–Crippen LogP) is 2.44. The van der Waals surface area contributed by atoms with Crippen LogP contribution in [0.3, 0.4) is 0 Å². The summed E-state index contributed by atoms with van der Waals surface area (Å²) in [6, 6.07) is 4.97. The molecule has 1 aromatic carbocycles. The molecule has 0 aliphatic heterocycles. The van der Waals surface area contributed by atoms with Crippen LogP contribution < -0.4 is 0 Å². The summed E-state index contributed by atoms with van der Waals surface area (Å²) < 4.78 is 17.6. The van der Waals surface area contributed by atoms with Crippen molar-refractivity contribution < 1.29 is 8.91 Å². The second-order valence-electron chi connectivity index (χ2n) is 2.41. The zero-order chi connectivity index (χ0) is 8.27. The van der Waals surface area contributed by atoms with Gasteiger partial charge in [-0.25, -0.2) is 4.39 Å². The van der Waals surface area contributed by atoms with Crippen LogP contribution in [0, 0.1) is 12.7 Å². The van der Waals surface area contributed by atoms with Crippen molar-refractivity contribution in [3.63, 3.8) is 0 Å². The van der Waals surface area contributed by atoms with E-state index in [9.17, 15) is 4.39 Å². The van der Waals surface area contributed by atoms with E-state index >= 15 is 0 Å². The van der Waals surface area contributed by atoms with Gasteiger partial charge in [0.25, 0.3) is 0 Å². The summed E-state index contributed by atoms with van der Waals surface area (Å²) in [5.41, 5.74) is 1.64. The zero-order valence-corrected chi connectivity index (χ0v) is 7.46. The standard InChI is InChI=1S/C8H10FOP/c1-6-2-3-8(9)7(4-6)5-10-11/h2-4H,5,11H2,1H3. The minimum atomic E-state index is -0.210. The highest BCUT2D eigenvalue weighted by atomic mass is 31.0. The molecule has 60 valence electrons. The number of rotatable bonds is 2. The van der Waals surface area contributed by atoms with Crippen molar-refractivity contribution in [2.45, 2.75) is 13.5 Å². The lowest BCUT2D eigenvalue weighted by Gasteiger charge is -2.01. The molecule has 0 aromatic heterocycles. The van der Waals surface area contributed by atoms with Crippen molar-refractivity contribution in [2.24, 2.45) is 0 Å². The second kappa shape index (κ2) is 3.80. The molecular weight excluding hydrogens is 162 g/mol. The normalized spacial score (nSPS) is 10.1. The zero-order valence-electron chi connectivity index (χ0n) is 6.30. The van der Waals surface area contributed by atoms with E-state index in [4.69, 9.17) is 4.52 Å². The minimum Gasteiger partial charge on any atom is -0.361 e. The maximum atomic E-state index is 12.9. The van der Waals surface area contributed by atoms with Gasteiger partial charge in [-0.1, -0.05) is 17.7 Å². The van der Waals surface area contributed by atoms with Gasteiger partial charge in [-0.3, -0.25) is 0 Å². The van der Waals surface area contributed by atoms with Crippen LogP contribution >= 0.6 is 9.47 Å². The van der Waals surface area contributed by atoms with E-state index in [0.29, 0.717) is 12.2 Å². The molecular formula is C8H10FOP. The van der Waals surface area contributed by atoms with Crippen molar-refractivity contribution in [3.8, 4) is 0 Å². The van der Waals surface area contributed by atoms with Crippen molar-refractivity contribution >= 4 is 9.47 Å². The quantitative estimate of drug-likeness (QED) is 0.622. The van der Waals surface area contributed by atoms with Crippen LogP contribution in [0.5, 0.6) is 0 Å². The van der Waals surface area contributed by atoms with Gasteiger partial charge in [-0.2, -0.15) is 0 Å². The van der Waals surface area contributed by atoms with E-state index in [1.807, 2.05) is 6.92 Å². The Morgan fingerprint density at radius 1 is 1.55 bits per heavy atom. The number of hydrogen-bond donors (Lipinski definition) is 0. The highest BCUT2D eigenvalue weighted by Gasteiger charge is 1.99. The SMILES string of the molecule is Cc1ccc(F)c(COP)c1. The van der Waals surface area contributed by atoms with E-state index in [0.717, 1.165) is 5.56 Å². The van der Waals surface area contributed by atoms with Crippen LogP contribution in [0.25, 0.3) is 0 Å². The molecule has 0 aliphatic rings. The van der Waals surface area contributed by atoms with Crippen LogP contribution in [-0.2, 0) is 11.1 Å². The highest BCUT2D eigenvalue weighted by molar-refractivity contribution is 7.09. The summed E-state index contributed by atoms with van der Waals surface area (Å²) >= 11 is 0. The topological polar surface area (TPSA) is 9.23 Å². The first-order valence-corrected chi connectivity index (χ1v) is 3.78. The Morgan fingerprint density at radius 2 is 2.27 bits per heavy atom. The Labute approximate surface area is 67.9 Å². The van der Waals surface area contributed by atoms with Gasteiger partial charge in [0.15, 0.2) is 0 Å². The van der Waals surface area contributed by atoms with E-state index in [1.54, 1.807) is 12.1 Å². The van der Waals surface area contributed by atoms with Gasteiger partial charge < -0.3 is 4.52 Å². The lowest BCUT2D eigenvalue weighted by molar-refractivity contribution is 0.352. The summed E-state index contributed by atoms with van der Waals surface area (Å²) in [6.45, 7) is 2.23. The van der Waals surface area contributed by atoms with Gasteiger partial charge in [-0.15, -0.1) is 0 Å². The third-order valence-electron chi connectivity index (χ3n) is 1.44. The van der Waals surface area contributed by atoms with Crippen LogP contribution in [0.2, 0.25) is 0 Å². The molecule has 1 aromatic rings. The van der Waals surface area contributed by atoms with Crippen molar-refractivity contribution in [1.82, 2.24) is 0 Å². The Bertz CT molecular complexity index is 250. The molecule has 0 N–H and O–H groups in total. The lowest BCUT2D eigenvalue weighted by Crippen LogP contribution is -1.90. The average molecular weight is 172 g/mol. The lowest BCUT2D eigenvalue weighted by atomic mass is 10.1. The maximum absolute atomic E-state index is 12.9. The molecule has 0 fully saturated rings. The summed E-state index contributed by atoms with van der Waals surface area (Å²) in [7, 11) is 2.10. The Balaban J connectivity index is 2.93. The number of halogens is 1. The van der Waals surface area contributed by atoms with E-state index in [2.05, 4.69) is 9.47 Å². The third-order valence-corrected chi connectivity index (χ3v) is 1.61. The summed E-state index contributed by atoms with van der Waals surface area (Å²) in [4.78, 5) is 0. The third kappa shape index (κ3) is 2.25. The van der Waals surface area contributed by atoms with Crippen LogP contribution in [0.4, 0.5) is 4.39 Å². The minimum absolute atomic E-state index is 0.210. The fourth-order valence-corrected chi connectivity index (χ4v) is 1.08. The fourth-order valence-electron chi connectivity index (χ4n) is 0.904. The largest absolute Gasteiger partial charge is 0.361 e. The molecule has 3 heteroatoms. The smallest absolute Gasteiger partial charge is 0.128 e. The van der Waals surface area contributed by atoms with Crippen molar-refractivity contribution in [1.29, 1.82) is 0 Å². The van der Waals surface area contributed by atoms with E-state index < -0.39 is 0 Å². The predicted molar refractivity (Wildman–Crippen MR) is 45.6 cm³/mol. The monoisotopic (exact) mass is 172 g/mol. The average Bonchev–Trinajstić information content (AvgIpc) is 1.98. The van der Waals surface area contributed by atoms with Gasteiger partial charge >= 0.3 is 0 Å². The highest BCUT2D eigenvalue weighted by Crippen LogP contribution is 2.11. The first kappa shape index (κ1) is 8.63. The first-order valence-electron chi connectivity index (χ1n) is 3.30. The molecule has 11 heavy (non-hydrogen) atoms. The number of hydrogen-bond acceptors (Lipinski definition) is 1. The summed E-state index contributed by atoms with van der Waals surface area (Å²) in [6.07, 6.45) is 0. The molecule has 0 saturated carbocycles. The molecule has 0 amide bonds. The molecule has 1 unspecified atom stereocenters. The molecule has 1 nitrogen and oxygen atoms in total. The molecule has 1 rings (SSSR count).